The Morgan fingerprint density at radius 3 is 2.15 bits per heavy atom. The molecule has 10 nitrogen and oxygen atoms in total. The fraction of sp³-hybridized carbons (Fsp3) is 0.167. The normalized spacial score (nSPS) is 11.7. The van der Waals surface area contributed by atoms with Crippen molar-refractivity contribution in [3.8, 4) is 0 Å². The number of pyridine rings is 1. The molecule has 4 rings (SSSR count). The van der Waals surface area contributed by atoms with Crippen molar-refractivity contribution in [2.24, 2.45) is 10.9 Å². The quantitative estimate of drug-likeness (QED) is 0.0935. The van der Waals surface area contributed by atoms with Crippen LogP contribution in [0.25, 0.3) is 0 Å². The molecule has 5 N–H and O–H groups in total. The average molecular weight is 574 g/mol. The maximum Gasteiger partial charge on any atom is 0.275 e. The molecule has 0 radical (unpaired) electrons. The first-order valence-corrected chi connectivity index (χ1v) is 14.5. The van der Waals surface area contributed by atoms with Gasteiger partial charge < -0.3 is 20.8 Å². The molecule has 212 valence electrons. The number of aryl methyl sites for hydroxylation is 1. The van der Waals surface area contributed by atoms with Gasteiger partial charge in [-0.3, -0.25) is 14.3 Å². The lowest BCUT2D eigenvalue weighted by atomic mass is 10.0. The number of hydrogen-bond acceptors (Lipinski definition) is 6. The predicted octanol–water partition coefficient (Wildman–Crippen LogP) is 3.10. The molecule has 0 unspecified atom stereocenters. The van der Waals surface area contributed by atoms with Crippen molar-refractivity contribution < 1.29 is 18.4 Å². The molecular formula is C30H31N5O5S. The number of amides is 1. The minimum absolute atomic E-state index is 0.0265. The monoisotopic (exact) mass is 573 g/mol. The van der Waals surface area contributed by atoms with Crippen LogP contribution in [-0.2, 0) is 40.1 Å². The molecule has 1 heterocycles. The molecule has 0 aliphatic rings. The van der Waals surface area contributed by atoms with Crippen LogP contribution < -0.4 is 21.3 Å². The summed E-state index contributed by atoms with van der Waals surface area (Å²) in [5.74, 6) is -0.757. The van der Waals surface area contributed by atoms with Gasteiger partial charge in [0.05, 0.1) is 5.75 Å². The third kappa shape index (κ3) is 7.83. The number of nitrogens with zero attached hydrogens (tertiary/aromatic N) is 2. The van der Waals surface area contributed by atoms with Gasteiger partial charge in [0.15, 0.2) is 5.84 Å². The fourth-order valence-electron chi connectivity index (χ4n) is 4.33. The highest BCUT2D eigenvalue weighted by Gasteiger charge is 2.21. The van der Waals surface area contributed by atoms with Crippen LogP contribution in [0.4, 0.5) is 5.69 Å². The first-order chi connectivity index (χ1) is 19.6. The molecule has 0 aliphatic carbocycles. The third-order valence-electron chi connectivity index (χ3n) is 6.43. The third-order valence-corrected chi connectivity index (χ3v) is 7.66. The smallest absolute Gasteiger partial charge is 0.275 e. The van der Waals surface area contributed by atoms with Gasteiger partial charge in [0, 0.05) is 17.8 Å². The van der Waals surface area contributed by atoms with Crippen molar-refractivity contribution in [3.05, 3.63) is 135 Å². The zero-order chi connectivity index (χ0) is 29.4. The Bertz CT molecular complexity index is 1700. The number of rotatable bonds is 11. The number of oxime groups is 1. The van der Waals surface area contributed by atoms with Crippen molar-refractivity contribution in [2.75, 3.05) is 4.72 Å². The second-order valence-electron chi connectivity index (χ2n) is 9.55. The number of amidine groups is 1. The number of aromatic nitrogens is 1. The lowest BCUT2D eigenvalue weighted by Crippen LogP contribution is -2.35. The molecular weight excluding hydrogens is 542 g/mol. The zero-order valence-corrected chi connectivity index (χ0v) is 23.3. The first-order valence-electron chi connectivity index (χ1n) is 12.8. The molecule has 0 spiro atoms. The summed E-state index contributed by atoms with van der Waals surface area (Å²) >= 11 is 0. The predicted molar refractivity (Wildman–Crippen MR) is 158 cm³/mol. The van der Waals surface area contributed by atoms with Crippen molar-refractivity contribution >= 4 is 27.5 Å². The lowest BCUT2D eigenvalue weighted by molar-refractivity contribution is -0.121. The Kier molecular flexibility index (Phi) is 9.20. The summed E-state index contributed by atoms with van der Waals surface area (Å²) in [5.41, 5.74) is 8.71. The molecule has 0 bridgehead atoms. The number of sulfonamides is 1. The van der Waals surface area contributed by atoms with Crippen LogP contribution >= 0.6 is 0 Å². The second-order valence-corrected chi connectivity index (χ2v) is 11.3. The zero-order valence-electron chi connectivity index (χ0n) is 22.4. The highest BCUT2D eigenvalue weighted by atomic mass is 32.2. The Morgan fingerprint density at radius 2 is 1.54 bits per heavy atom. The van der Waals surface area contributed by atoms with E-state index in [0.29, 0.717) is 28.8 Å². The van der Waals surface area contributed by atoms with E-state index in [1.165, 1.54) is 4.57 Å². The number of hydrogen-bond donors (Lipinski definition) is 4. The molecule has 3 aromatic carbocycles. The number of anilines is 1. The highest BCUT2D eigenvalue weighted by molar-refractivity contribution is 7.91. The standard InChI is InChI=1S/C30H31N5O5S/c1-21-16-26(17-22-8-4-2-5-9-22)28(34-41(39,40)20-24-10-6-3-7-11-24)30(37)35(21)19-27(36)32-18-23-12-14-25(15-13-23)29(31)33-38/h2-16,34,38H,17-20H2,1H3,(H2,31,33)(H,32,36). The van der Waals surface area contributed by atoms with Gasteiger partial charge in [-0.25, -0.2) is 8.42 Å². The van der Waals surface area contributed by atoms with Crippen molar-refractivity contribution in [2.45, 2.75) is 32.2 Å². The molecule has 0 aliphatic heterocycles. The van der Waals surface area contributed by atoms with E-state index in [0.717, 1.165) is 11.1 Å². The van der Waals surface area contributed by atoms with Gasteiger partial charge in [-0.05, 0) is 41.7 Å². The summed E-state index contributed by atoms with van der Waals surface area (Å²) in [7, 11) is -3.94. The van der Waals surface area contributed by atoms with E-state index in [2.05, 4.69) is 15.2 Å². The van der Waals surface area contributed by atoms with Crippen molar-refractivity contribution in [1.82, 2.24) is 9.88 Å². The van der Waals surface area contributed by atoms with Crippen LogP contribution in [0.1, 0.15) is 33.5 Å². The molecule has 4 aromatic rings. The molecule has 1 amide bonds. The summed E-state index contributed by atoms with van der Waals surface area (Å²) < 4.78 is 30.0. The van der Waals surface area contributed by atoms with Crippen LogP contribution in [-0.4, -0.2) is 29.9 Å². The van der Waals surface area contributed by atoms with Gasteiger partial charge in [-0.2, -0.15) is 0 Å². The molecule has 0 fully saturated rings. The summed E-state index contributed by atoms with van der Waals surface area (Å²) in [6.07, 6.45) is 0.328. The van der Waals surface area contributed by atoms with Gasteiger partial charge >= 0.3 is 0 Å². The van der Waals surface area contributed by atoms with E-state index in [4.69, 9.17) is 10.9 Å². The number of carbonyl (C=O) groups is 1. The lowest BCUT2D eigenvalue weighted by Gasteiger charge is -2.18. The molecule has 0 saturated heterocycles. The Hall–Kier alpha value is -4.90. The number of nitrogens with two attached hydrogens (primary N) is 1. The van der Waals surface area contributed by atoms with Crippen molar-refractivity contribution in [1.29, 1.82) is 0 Å². The molecule has 1 aromatic heterocycles. The topological polar surface area (TPSA) is 156 Å². The Morgan fingerprint density at radius 1 is 0.927 bits per heavy atom. The largest absolute Gasteiger partial charge is 0.409 e. The maximum atomic E-state index is 13.7. The maximum absolute atomic E-state index is 13.7. The van der Waals surface area contributed by atoms with Crippen LogP contribution in [0.3, 0.4) is 0 Å². The first kappa shape index (κ1) is 29.1. The summed E-state index contributed by atoms with van der Waals surface area (Å²) in [5, 5.41) is 14.5. The SMILES string of the molecule is Cc1cc(Cc2ccccc2)c(NS(=O)(=O)Cc2ccccc2)c(=O)n1CC(=O)NCc1ccc(/C(N)=N/O)cc1. The number of nitrogens with one attached hydrogen (secondary N) is 2. The Balaban J connectivity index is 1.58. The van der Waals surface area contributed by atoms with Gasteiger partial charge in [0.1, 0.15) is 12.2 Å². The van der Waals surface area contributed by atoms with E-state index < -0.39 is 21.5 Å². The van der Waals surface area contributed by atoms with Gasteiger partial charge in [0.2, 0.25) is 15.9 Å². The molecule has 41 heavy (non-hydrogen) atoms. The minimum Gasteiger partial charge on any atom is -0.409 e. The van der Waals surface area contributed by atoms with Crippen LogP contribution in [0.15, 0.2) is 101 Å². The molecule has 11 heteroatoms. The molecule has 0 saturated carbocycles. The van der Waals surface area contributed by atoms with Gasteiger partial charge in [-0.15, -0.1) is 0 Å². The fourth-order valence-corrected chi connectivity index (χ4v) is 5.56. The number of carbonyl (C=O) groups excluding carboxylic acids is 1. The highest BCUT2D eigenvalue weighted by Crippen LogP contribution is 2.20. The van der Waals surface area contributed by atoms with Gasteiger partial charge in [0.25, 0.3) is 5.56 Å². The second kappa shape index (κ2) is 13.0. The van der Waals surface area contributed by atoms with Crippen LogP contribution in [0, 0.1) is 6.92 Å². The summed E-state index contributed by atoms with van der Waals surface area (Å²) in [6, 6.07) is 26.6. The van der Waals surface area contributed by atoms with E-state index in [1.807, 2.05) is 30.3 Å². The van der Waals surface area contributed by atoms with E-state index in [-0.39, 0.29) is 30.4 Å². The van der Waals surface area contributed by atoms with E-state index in [9.17, 15) is 18.0 Å². The molecule has 0 atom stereocenters. The summed E-state index contributed by atoms with van der Waals surface area (Å²) in [4.78, 5) is 26.5. The van der Waals surface area contributed by atoms with Gasteiger partial charge in [-0.1, -0.05) is 90.1 Å². The average Bonchev–Trinajstić information content (AvgIpc) is 2.97. The van der Waals surface area contributed by atoms with E-state index in [1.54, 1.807) is 67.6 Å². The summed E-state index contributed by atoms with van der Waals surface area (Å²) in [6.45, 7) is 1.59. The van der Waals surface area contributed by atoms with E-state index >= 15 is 0 Å². The van der Waals surface area contributed by atoms with Crippen LogP contribution in [0.2, 0.25) is 0 Å². The van der Waals surface area contributed by atoms with Crippen LogP contribution in [0.5, 0.6) is 0 Å². The number of benzene rings is 3. The minimum atomic E-state index is -3.94. The Labute approximate surface area is 238 Å². The van der Waals surface area contributed by atoms with Crippen molar-refractivity contribution in [3.63, 3.8) is 0 Å².